The third-order valence-corrected chi connectivity index (χ3v) is 3.99. The summed E-state index contributed by atoms with van der Waals surface area (Å²) in [6.07, 6.45) is 1.56. The highest BCUT2D eigenvalue weighted by atomic mass is 32.2. The number of nitrogens with one attached hydrogen (secondary N) is 2. The van der Waals surface area contributed by atoms with Gasteiger partial charge in [0.2, 0.25) is 5.09 Å². The quantitative estimate of drug-likeness (QED) is 0.641. The zero-order valence-corrected chi connectivity index (χ0v) is 11.5. The minimum atomic E-state index is -3.52. The Labute approximate surface area is 107 Å². The molecule has 1 unspecified atom stereocenters. The molecule has 1 aromatic rings. The Kier molecular flexibility index (Phi) is 5.80. The third kappa shape index (κ3) is 4.09. The van der Waals surface area contributed by atoms with Crippen LogP contribution in [-0.2, 0) is 16.6 Å². The van der Waals surface area contributed by atoms with Crippen molar-refractivity contribution in [1.82, 2.24) is 10.0 Å². The molecular formula is C11H20N2O4S. The molecule has 0 radical (unpaired) electrons. The zero-order valence-electron chi connectivity index (χ0n) is 10.6. The Morgan fingerprint density at radius 3 is 2.72 bits per heavy atom. The number of hydrogen-bond donors (Lipinski definition) is 3. The summed E-state index contributed by atoms with van der Waals surface area (Å²) < 4.78 is 30.3. The topological polar surface area (TPSA) is 91.6 Å². The van der Waals surface area contributed by atoms with Crippen LogP contribution in [0.15, 0.2) is 21.6 Å². The summed E-state index contributed by atoms with van der Waals surface area (Å²) in [5.41, 5.74) is 0. The van der Waals surface area contributed by atoms with E-state index < -0.39 is 10.0 Å². The molecule has 0 aliphatic heterocycles. The van der Waals surface area contributed by atoms with Crippen LogP contribution in [0.1, 0.15) is 25.5 Å². The predicted octanol–water partition coefficient (Wildman–Crippen LogP) is 0.438. The van der Waals surface area contributed by atoms with Gasteiger partial charge in [-0.25, -0.2) is 13.1 Å². The van der Waals surface area contributed by atoms with Crippen molar-refractivity contribution in [2.45, 2.75) is 37.4 Å². The second-order valence-electron chi connectivity index (χ2n) is 3.93. The summed E-state index contributed by atoms with van der Waals surface area (Å²) in [6, 6.07) is 3.25. The lowest BCUT2D eigenvalue weighted by Gasteiger charge is -2.14. The molecule has 1 atom stereocenters. The van der Waals surface area contributed by atoms with Gasteiger partial charge >= 0.3 is 0 Å². The molecule has 0 aromatic carbocycles. The fourth-order valence-electron chi connectivity index (χ4n) is 1.55. The molecular weight excluding hydrogens is 256 g/mol. The van der Waals surface area contributed by atoms with Crippen molar-refractivity contribution in [2.24, 2.45) is 0 Å². The van der Waals surface area contributed by atoms with E-state index in [-0.39, 0.29) is 17.7 Å². The summed E-state index contributed by atoms with van der Waals surface area (Å²) >= 11 is 0. The molecule has 0 fully saturated rings. The maximum absolute atomic E-state index is 11.5. The number of sulfonamides is 1. The van der Waals surface area contributed by atoms with Gasteiger partial charge in [-0.3, -0.25) is 0 Å². The van der Waals surface area contributed by atoms with E-state index >= 15 is 0 Å². The maximum atomic E-state index is 11.5. The minimum absolute atomic E-state index is 0.0861. The smallest absolute Gasteiger partial charge is 0.273 e. The highest BCUT2D eigenvalue weighted by Crippen LogP contribution is 2.13. The molecule has 0 bridgehead atoms. The fourth-order valence-corrected chi connectivity index (χ4v) is 2.21. The normalized spacial score (nSPS) is 13.7. The molecule has 1 heterocycles. The van der Waals surface area contributed by atoms with Crippen LogP contribution in [0.3, 0.4) is 0 Å². The van der Waals surface area contributed by atoms with Crippen LogP contribution in [0.4, 0.5) is 0 Å². The number of aliphatic hydroxyl groups is 1. The van der Waals surface area contributed by atoms with E-state index in [1.165, 1.54) is 13.1 Å². The number of rotatable bonds is 8. The Morgan fingerprint density at radius 2 is 2.17 bits per heavy atom. The van der Waals surface area contributed by atoms with E-state index in [0.717, 1.165) is 6.42 Å². The van der Waals surface area contributed by atoms with Crippen molar-refractivity contribution in [2.75, 3.05) is 13.7 Å². The fraction of sp³-hybridized carbons (Fsp3) is 0.636. The van der Waals surface area contributed by atoms with Gasteiger partial charge in [-0.15, -0.1) is 0 Å². The highest BCUT2D eigenvalue weighted by molar-refractivity contribution is 7.89. The van der Waals surface area contributed by atoms with Gasteiger partial charge < -0.3 is 14.8 Å². The van der Waals surface area contributed by atoms with Crippen LogP contribution in [-0.4, -0.2) is 33.2 Å². The molecule has 6 nitrogen and oxygen atoms in total. The van der Waals surface area contributed by atoms with E-state index in [2.05, 4.69) is 10.0 Å². The number of furan rings is 1. The first kappa shape index (κ1) is 15.2. The molecule has 104 valence electrons. The Hall–Kier alpha value is -0.890. The van der Waals surface area contributed by atoms with Crippen LogP contribution < -0.4 is 10.0 Å². The van der Waals surface area contributed by atoms with Gasteiger partial charge in [-0.05, 0) is 32.0 Å². The highest BCUT2D eigenvalue weighted by Gasteiger charge is 2.16. The van der Waals surface area contributed by atoms with Crippen molar-refractivity contribution in [3.8, 4) is 0 Å². The van der Waals surface area contributed by atoms with Gasteiger partial charge in [-0.1, -0.05) is 6.92 Å². The number of aliphatic hydroxyl groups excluding tert-OH is 1. The lowest BCUT2D eigenvalue weighted by atomic mass is 10.1. The van der Waals surface area contributed by atoms with Crippen molar-refractivity contribution in [3.05, 3.63) is 17.9 Å². The van der Waals surface area contributed by atoms with Crippen LogP contribution in [0.25, 0.3) is 0 Å². The molecule has 3 N–H and O–H groups in total. The SMILES string of the molecule is CCC(CCO)NCc1ccc(S(=O)(=O)NC)o1. The second-order valence-corrected chi connectivity index (χ2v) is 5.74. The van der Waals surface area contributed by atoms with Crippen LogP contribution in [0.2, 0.25) is 0 Å². The van der Waals surface area contributed by atoms with Gasteiger partial charge in [0.05, 0.1) is 6.54 Å². The molecule has 1 aromatic heterocycles. The molecule has 0 aliphatic rings. The largest absolute Gasteiger partial charge is 0.447 e. The zero-order chi connectivity index (χ0) is 13.6. The molecule has 0 amide bonds. The van der Waals surface area contributed by atoms with Crippen LogP contribution >= 0.6 is 0 Å². The Bertz CT molecular complexity index is 455. The lowest BCUT2D eigenvalue weighted by Crippen LogP contribution is -2.28. The van der Waals surface area contributed by atoms with Crippen molar-refractivity contribution in [1.29, 1.82) is 0 Å². The van der Waals surface area contributed by atoms with Crippen LogP contribution in [0.5, 0.6) is 0 Å². The van der Waals surface area contributed by atoms with E-state index in [1.54, 1.807) is 6.07 Å². The third-order valence-electron chi connectivity index (χ3n) is 2.71. The Balaban J connectivity index is 2.59. The summed E-state index contributed by atoms with van der Waals surface area (Å²) in [5, 5.41) is 12.0. The lowest BCUT2D eigenvalue weighted by molar-refractivity contribution is 0.259. The molecule has 0 spiro atoms. The van der Waals surface area contributed by atoms with Gasteiger partial charge in [-0.2, -0.15) is 0 Å². The first-order valence-electron chi connectivity index (χ1n) is 5.90. The summed E-state index contributed by atoms with van der Waals surface area (Å²) in [5.74, 6) is 0.556. The summed E-state index contributed by atoms with van der Waals surface area (Å²) in [4.78, 5) is 0. The van der Waals surface area contributed by atoms with E-state index in [9.17, 15) is 8.42 Å². The molecule has 0 saturated heterocycles. The molecule has 7 heteroatoms. The average Bonchev–Trinajstić information content (AvgIpc) is 2.84. The van der Waals surface area contributed by atoms with E-state index in [4.69, 9.17) is 9.52 Å². The van der Waals surface area contributed by atoms with Crippen LogP contribution in [0, 0.1) is 0 Å². The monoisotopic (exact) mass is 276 g/mol. The number of hydrogen-bond acceptors (Lipinski definition) is 5. The van der Waals surface area contributed by atoms with Gasteiger partial charge in [0, 0.05) is 12.6 Å². The van der Waals surface area contributed by atoms with Crippen molar-refractivity contribution < 1.29 is 17.9 Å². The van der Waals surface area contributed by atoms with E-state index in [1.807, 2.05) is 6.92 Å². The van der Waals surface area contributed by atoms with Crippen molar-refractivity contribution >= 4 is 10.0 Å². The van der Waals surface area contributed by atoms with Gasteiger partial charge in [0.25, 0.3) is 10.0 Å². The Morgan fingerprint density at radius 1 is 1.44 bits per heavy atom. The summed E-state index contributed by atoms with van der Waals surface area (Å²) in [7, 11) is -2.18. The summed E-state index contributed by atoms with van der Waals surface area (Å²) in [6.45, 7) is 2.59. The van der Waals surface area contributed by atoms with Crippen molar-refractivity contribution in [3.63, 3.8) is 0 Å². The van der Waals surface area contributed by atoms with Gasteiger partial charge in [0.15, 0.2) is 0 Å². The molecule has 1 rings (SSSR count). The molecule has 0 aliphatic carbocycles. The predicted molar refractivity (Wildman–Crippen MR) is 67.6 cm³/mol. The first-order valence-corrected chi connectivity index (χ1v) is 7.38. The molecule has 0 saturated carbocycles. The average molecular weight is 276 g/mol. The van der Waals surface area contributed by atoms with Gasteiger partial charge in [0.1, 0.15) is 5.76 Å². The van der Waals surface area contributed by atoms with E-state index in [0.29, 0.717) is 18.7 Å². The molecule has 18 heavy (non-hydrogen) atoms. The minimum Gasteiger partial charge on any atom is -0.447 e. The standard InChI is InChI=1S/C11H20N2O4S/c1-3-9(6-7-14)13-8-10-4-5-11(17-10)18(15,16)12-2/h4-5,9,12-14H,3,6-8H2,1-2H3. The first-order chi connectivity index (χ1) is 8.53. The second kappa shape index (κ2) is 6.89. The maximum Gasteiger partial charge on any atom is 0.273 e.